The average Bonchev–Trinajstić information content (AvgIpc) is 3.64. The Morgan fingerprint density at radius 2 is 1.51 bits per heavy atom. The molecule has 0 atom stereocenters. The highest BCUT2D eigenvalue weighted by Crippen LogP contribution is 2.47. The Balaban J connectivity index is 1.32. The molecule has 0 amide bonds. The van der Waals surface area contributed by atoms with Gasteiger partial charge < -0.3 is 24.4 Å². The van der Waals surface area contributed by atoms with Crippen molar-refractivity contribution in [3.8, 4) is 11.1 Å². The van der Waals surface area contributed by atoms with Crippen LogP contribution in [0.3, 0.4) is 0 Å². The number of fused-ring (bicyclic) bond motifs is 7. The molecule has 7 aromatic rings. The van der Waals surface area contributed by atoms with Crippen molar-refractivity contribution in [3.63, 3.8) is 0 Å². The highest BCUT2D eigenvalue weighted by Gasteiger charge is 2.25. The molecule has 2 aromatic heterocycles. The zero-order valence-electron chi connectivity index (χ0n) is 23.3. The van der Waals surface area contributed by atoms with Gasteiger partial charge in [0.2, 0.25) is 0 Å². The van der Waals surface area contributed by atoms with Crippen molar-refractivity contribution in [2.24, 2.45) is 0 Å². The Morgan fingerprint density at radius 3 is 2.44 bits per heavy atom. The Labute approximate surface area is 248 Å². The summed E-state index contributed by atoms with van der Waals surface area (Å²) in [7, 11) is 0. The van der Waals surface area contributed by atoms with Gasteiger partial charge in [0.1, 0.15) is 11.3 Å². The van der Waals surface area contributed by atoms with E-state index in [4.69, 9.17) is 8.83 Å². The molecule has 0 radical (unpaired) electrons. The number of nitrogens with zero attached hydrogens (tertiary/aromatic N) is 1. The second-order valence-corrected chi connectivity index (χ2v) is 11.0. The third-order valence-corrected chi connectivity index (χ3v) is 8.55. The summed E-state index contributed by atoms with van der Waals surface area (Å²) in [6.45, 7) is 1.54. The molecule has 5 heteroatoms. The van der Waals surface area contributed by atoms with Crippen molar-refractivity contribution in [1.29, 1.82) is 0 Å². The summed E-state index contributed by atoms with van der Waals surface area (Å²) in [6.07, 6.45) is 8.10. The Kier molecular flexibility index (Phi) is 5.26. The Bertz CT molecular complexity index is 2250. The maximum atomic E-state index is 6.57. The zero-order valence-corrected chi connectivity index (χ0v) is 23.3. The number of furan rings is 2. The Morgan fingerprint density at radius 1 is 0.651 bits per heavy atom. The first-order valence-corrected chi connectivity index (χ1v) is 14.6. The number of nitrogens with one attached hydrogen (secondary N) is 2. The lowest BCUT2D eigenvalue weighted by Gasteiger charge is -2.27. The Hall–Kier alpha value is -5.68. The number of para-hydroxylation sites is 1. The van der Waals surface area contributed by atoms with E-state index in [1.54, 1.807) is 0 Å². The predicted molar refractivity (Wildman–Crippen MR) is 177 cm³/mol. The molecule has 0 unspecified atom stereocenters. The summed E-state index contributed by atoms with van der Waals surface area (Å²) in [4.78, 5) is 2.31. The van der Waals surface area contributed by atoms with Crippen molar-refractivity contribution in [3.05, 3.63) is 132 Å². The van der Waals surface area contributed by atoms with E-state index in [-0.39, 0.29) is 0 Å². The summed E-state index contributed by atoms with van der Waals surface area (Å²) in [5.74, 6) is 1.76. The maximum Gasteiger partial charge on any atom is 0.160 e. The molecule has 4 heterocycles. The van der Waals surface area contributed by atoms with E-state index >= 15 is 0 Å². The third kappa shape index (κ3) is 3.71. The lowest BCUT2D eigenvalue weighted by molar-refractivity contribution is 0.592. The number of hydrogen-bond donors (Lipinski definition) is 2. The first-order valence-electron chi connectivity index (χ1n) is 14.6. The normalized spacial score (nSPS) is 13.6. The molecule has 206 valence electrons. The molecule has 9 rings (SSSR count). The predicted octanol–water partition coefficient (Wildman–Crippen LogP) is 9.98. The number of hydrogen-bond acceptors (Lipinski definition) is 5. The van der Waals surface area contributed by atoms with Crippen molar-refractivity contribution in [1.82, 2.24) is 5.32 Å². The van der Waals surface area contributed by atoms with Gasteiger partial charge in [-0.05, 0) is 59.0 Å². The van der Waals surface area contributed by atoms with Crippen LogP contribution in [0.4, 0.5) is 22.7 Å². The second-order valence-electron chi connectivity index (χ2n) is 11.0. The van der Waals surface area contributed by atoms with Gasteiger partial charge in [-0.25, -0.2) is 0 Å². The maximum absolute atomic E-state index is 6.57. The molecule has 0 saturated heterocycles. The molecular formula is C38H27N3O2. The molecule has 5 aromatic carbocycles. The minimum Gasteiger partial charge on any atom is -0.456 e. The second kappa shape index (κ2) is 9.43. The molecule has 5 nitrogen and oxygen atoms in total. The van der Waals surface area contributed by atoms with Crippen LogP contribution >= 0.6 is 0 Å². The minimum absolute atomic E-state index is 0.755. The fraction of sp³-hybridized carbons (Fsp3) is 0.0526. The van der Waals surface area contributed by atoms with E-state index in [9.17, 15) is 0 Å². The largest absolute Gasteiger partial charge is 0.456 e. The summed E-state index contributed by atoms with van der Waals surface area (Å²) in [6, 6.07) is 36.6. The van der Waals surface area contributed by atoms with Gasteiger partial charge in [-0.2, -0.15) is 0 Å². The van der Waals surface area contributed by atoms with Crippen LogP contribution in [-0.4, -0.2) is 6.54 Å². The number of rotatable bonds is 4. The van der Waals surface area contributed by atoms with E-state index in [2.05, 4.69) is 131 Å². The van der Waals surface area contributed by atoms with Gasteiger partial charge >= 0.3 is 0 Å². The van der Waals surface area contributed by atoms with Crippen LogP contribution in [0, 0.1) is 0 Å². The first kappa shape index (κ1) is 24.0. The lowest BCUT2D eigenvalue weighted by Crippen LogP contribution is -2.11. The van der Waals surface area contributed by atoms with Gasteiger partial charge in [0, 0.05) is 47.1 Å². The summed E-state index contributed by atoms with van der Waals surface area (Å²) < 4.78 is 12.9. The van der Waals surface area contributed by atoms with Crippen LogP contribution in [0.1, 0.15) is 17.1 Å². The fourth-order valence-corrected chi connectivity index (χ4v) is 6.59. The highest BCUT2D eigenvalue weighted by atomic mass is 16.3. The van der Waals surface area contributed by atoms with Crippen molar-refractivity contribution in [2.75, 3.05) is 16.8 Å². The lowest BCUT2D eigenvalue weighted by atomic mass is 9.96. The highest BCUT2D eigenvalue weighted by molar-refractivity contribution is 6.10. The van der Waals surface area contributed by atoms with Crippen molar-refractivity contribution in [2.45, 2.75) is 6.54 Å². The van der Waals surface area contributed by atoms with Crippen LogP contribution < -0.4 is 15.5 Å². The van der Waals surface area contributed by atoms with E-state index in [1.807, 2.05) is 12.3 Å². The van der Waals surface area contributed by atoms with Gasteiger partial charge in [-0.1, -0.05) is 72.8 Å². The molecule has 0 aliphatic carbocycles. The summed E-state index contributed by atoms with van der Waals surface area (Å²) >= 11 is 0. The molecular weight excluding hydrogens is 530 g/mol. The topological polar surface area (TPSA) is 53.6 Å². The van der Waals surface area contributed by atoms with Gasteiger partial charge in [0.05, 0.1) is 22.7 Å². The van der Waals surface area contributed by atoms with E-state index < -0.39 is 0 Å². The van der Waals surface area contributed by atoms with E-state index in [1.165, 1.54) is 22.1 Å². The molecule has 0 bridgehead atoms. The monoisotopic (exact) mass is 557 g/mol. The minimum atomic E-state index is 0.755. The fourth-order valence-electron chi connectivity index (χ4n) is 6.59. The van der Waals surface area contributed by atoms with Crippen LogP contribution in [0.15, 0.2) is 124 Å². The SMILES string of the molecule is C1=Cc2oc3c(N(c4ccc5c6c(oc5c4)C=CNC6)c4ccc(-c5ccccc5)c5ccccc45)cccc3c2NC1. The van der Waals surface area contributed by atoms with Crippen LogP contribution in [0.2, 0.25) is 0 Å². The van der Waals surface area contributed by atoms with E-state index in [0.29, 0.717) is 0 Å². The molecule has 0 fully saturated rings. The number of anilines is 4. The summed E-state index contributed by atoms with van der Waals surface area (Å²) in [5.41, 5.74) is 9.36. The van der Waals surface area contributed by atoms with Crippen LogP contribution in [0.25, 0.3) is 56.0 Å². The van der Waals surface area contributed by atoms with Crippen molar-refractivity contribution < 1.29 is 8.83 Å². The molecule has 2 aliphatic heterocycles. The standard InChI is InChI=1S/C38H27N3O2/c1-2-8-24(9-3-1)26-17-18-32(28-11-5-4-10-27(26)28)41(25-15-16-29-31-23-39-21-19-34(31)42-36(29)22-25)33-13-6-12-30-37-35(43-38(30)33)14-7-20-40-37/h1-19,21-22,39-40H,20,23H2. The molecule has 0 spiro atoms. The first-order chi connectivity index (χ1) is 21.3. The third-order valence-electron chi connectivity index (χ3n) is 8.55. The van der Waals surface area contributed by atoms with Gasteiger partial charge in [-0.15, -0.1) is 0 Å². The smallest absolute Gasteiger partial charge is 0.160 e. The average molecular weight is 558 g/mol. The van der Waals surface area contributed by atoms with Crippen LogP contribution in [0.5, 0.6) is 0 Å². The van der Waals surface area contributed by atoms with E-state index in [0.717, 1.165) is 74.7 Å². The van der Waals surface area contributed by atoms with Gasteiger partial charge in [0.25, 0.3) is 0 Å². The van der Waals surface area contributed by atoms with Gasteiger partial charge in [0.15, 0.2) is 11.3 Å². The molecule has 0 saturated carbocycles. The van der Waals surface area contributed by atoms with Crippen molar-refractivity contribution >= 4 is 67.6 Å². The quantitative estimate of drug-likeness (QED) is 0.226. The van der Waals surface area contributed by atoms with Crippen LogP contribution in [-0.2, 0) is 6.54 Å². The molecule has 2 N–H and O–H groups in total. The summed E-state index contributed by atoms with van der Waals surface area (Å²) in [5, 5.41) is 11.4. The zero-order chi connectivity index (χ0) is 28.3. The van der Waals surface area contributed by atoms with Gasteiger partial charge in [-0.3, -0.25) is 0 Å². The molecule has 43 heavy (non-hydrogen) atoms. The molecule has 2 aliphatic rings. The number of benzene rings is 5.